The first-order chi connectivity index (χ1) is 10.2. The molecule has 2 aromatic heterocycles. The summed E-state index contributed by atoms with van der Waals surface area (Å²) in [4.78, 5) is 19.8. The maximum atomic E-state index is 11.4. The van der Waals surface area contributed by atoms with Gasteiger partial charge in [-0.3, -0.25) is 4.98 Å². The van der Waals surface area contributed by atoms with Crippen molar-refractivity contribution in [2.45, 2.75) is 6.54 Å². The highest BCUT2D eigenvalue weighted by atomic mass is 16.4. The first-order valence-corrected chi connectivity index (χ1v) is 6.50. The highest BCUT2D eigenvalue weighted by molar-refractivity contribution is 5.98. The lowest BCUT2D eigenvalue weighted by molar-refractivity contribution is 0.0697. The maximum Gasteiger partial charge on any atom is 0.339 e. The first-order valence-electron chi connectivity index (χ1n) is 6.50. The van der Waals surface area contributed by atoms with Crippen molar-refractivity contribution in [3.8, 4) is 0 Å². The molecule has 2 N–H and O–H groups in total. The van der Waals surface area contributed by atoms with E-state index in [4.69, 9.17) is 0 Å². The summed E-state index contributed by atoms with van der Waals surface area (Å²) in [7, 11) is 0. The zero-order valence-corrected chi connectivity index (χ0v) is 11.2. The summed E-state index contributed by atoms with van der Waals surface area (Å²) in [5.41, 5.74) is 1.89. The van der Waals surface area contributed by atoms with Gasteiger partial charge in [0.15, 0.2) is 0 Å². The van der Waals surface area contributed by atoms with E-state index in [1.54, 1.807) is 18.5 Å². The minimum atomic E-state index is -0.998. The number of fused-ring (bicyclic) bond motifs is 1. The molecule has 2 heterocycles. The van der Waals surface area contributed by atoms with Gasteiger partial charge in [0.1, 0.15) is 11.4 Å². The van der Waals surface area contributed by atoms with Crippen LogP contribution in [0.1, 0.15) is 15.9 Å². The Hall–Kier alpha value is -2.95. The predicted octanol–water partition coefficient (Wildman–Crippen LogP) is 2.94. The van der Waals surface area contributed by atoms with E-state index >= 15 is 0 Å². The number of aromatic carboxylic acids is 1. The second-order valence-corrected chi connectivity index (χ2v) is 4.60. The van der Waals surface area contributed by atoms with Crippen LogP contribution in [0, 0.1) is 0 Å². The van der Waals surface area contributed by atoms with Crippen molar-refractivity contribution in [1.82, 2.24) is 9.97 Å². The average molecular weight is 279 g/mol. The predicted molar refractivity (Wildman–Crippen MR) is 80.3 cm³/mol. The molecular weight excluding hydrogens is 266 g/mol. The largest absolute Gasteiger partial charge is 0.478 e. The fourth-order valence-electron chi connectivity index (χ4n) is 2.10. The first kappa shape index (κ1) is 13.1. The SMILES string of the molecule is O=C(O)c1cc2ccccc2nc1NCc1cccnc1. The van der Waals surface area contributed by atoms with Gasteiger partial charge in [0.25, 0.3) is 0 Å². The molecule has 3 rings (SSSR count). The molecule has 0 aliphatic rings. The smallest absolute Gasteiger partial charge is 0.339 e. The van der Waals surface area contributed by atoms with Crippen LogP contribution in [0.2, 0.25) is 0 Å². The van der Waals surface area contributed by atoms with Crippen LogP contribution in [-0.4, -0.2) is 21.0 Å². The van der Waals surface area contributed by atoms with Crippen LogP contribution in [0.3, 0.4) is 0 Å². The number of hydrogen-bond donors (Lipinski definition) is 2. The molecule has 104 valence electrons. The van der Waals surface area contributed by atoms with Crippen LogP contribution in [0.25, 0.3) is 10.9 Å². The molecular formula is C16H13N3O2. The molecule has 0 fully saturated rings. The van der Waals surface area contributed by atoms with E-state index in [0.29, 0.717) is 12.4 Å². The summed E-state index contributed by atoms with van der Waals surface area (Å²) >= 11 is 0. The summed E-state index contributed by atoms with van der Waals surface area (Å²) in [6, 6.07) is 12.8. The van der Waals surface area contributed by atoms with Crippen molar-refractivity contribution in [2.24, 2.45) is 0 Å². The number of aromatic nitrogens is 2. The van der Waals surface area contributed by atoms with E-state index in [1.165, 1.54) is 0 Å². The van der Waals surface area contributed by atoms with Gasteiger partial charge in [-0.2, -0.15) is 0 Å². The van der Waals surface area contributed by atoms with Gasteiger partial charge in [-0.1, -0.05) is 24.3 Å². The summed E-state index contributed by atoms with van der Waals surface area (Å²) < 4.78 is 0. The van der Waals surface area contributed by atoms with E-state index in [0.717, 1.165) is 16.5 Å². The number of anilines is 1. The third-order valence-electron chi connectivity index (χ3n) is 3.14. The lowest BCUT2D eigenvalue weighted by atomic mass is 10.1. The molecule has 0 bridgehead atoms. The maximum absolute atomic E-state index is 11.4. The van der Waals surface area contributed by atoms with Crippen molar-refractivity contribution in [3.05, 3.63) is 66.0 Å². The lowest BCUT2D eigenvalue weighted by Gasteiger charge is -2.10. The molecule has 0 atom stereocenters. The highest BCUT2D eigenvalue weighted by Crippen LogP contribution is 2.21. The van der Waals surface area contributed by atoms with Crippen LogP contribution in [0.5, 0.6) is 0 Å². The summed E-state index contributed by atoms with van der Waals surface area (Å²) in [6.07, 6.45) is 3.43. The van der Waals surface area contributed by atoms with Crippen molar-refractivity contribution in [2.75, 3.05) is 5.32 Å². The number of carboxylic acid groups (broad SMARTS) is 1. The number of nitrogens with zero attached hydrogens (tertiary/aromatic N) is 2. The Morgan fingerprint density at radius 1 is 1.19 bits per heavy atom. The molecule has 1 aromatic carbocycles. The van der Waals surface area contributed by atoms with Crippen molar-refractivity contribution in [3.63, 3.8) is 0 Å². The van der Waals surface area contributed by atoms with E-state index in [-0.39, 0.29) is 5.56 Å². The van der Waals surface area contributed by atoms with Gasteiger partial charge in [0.05, 0.1) is 5.52 Å². The molecule has 0 aliphatic carbocycles. The molecule has 21 heavy (non-hydrogen) atoms. The molecule has 0 saturated carbocycles. The standard InChI is InChI=1S/C16H13N3O2/c20-16(21)13-8-12-5-1-2-6-14(12)19-15(13)18-10-11-4-3-7-17-9-11/h1-9H,10H2,(H,18,19)(H,20,21). The fourth-order valence-corrected chi connectivity index (χ4v) is 2.10. The number of para-hydroxylation sites is 1. The topological polar surface area (TPSA) is 75.1 Å². The number of carbonyl (C=O) groups is 1. The third kappa shape index (κ3) is 2.81. The number of rotatable bonds is 4. The van der Waals surface area contributed by atoms with Gasteiger partial charge < -0.3 is 10.4 Å². The lowest BCUT2D eigenvalue weighted by Crippen LogP contribution is -2.08. The van der Waals surface area contributed by atoms with Gasteiger partial charge >= 0.3 is 5.97 Å². The number of carboxylic acids is 1. The molecule has 0 spiro atoms. The van der Waals surface area contributed by atoms with Gasteiger partial charge in [-0.05, 0) is 23.8 Å². The molecule has 0 radical (unpaired) electrons. The fraction of sp³-hybridized carbons (Fsp3) is 0.0625. The van der Waals surface area contributed by atoms with Crippen LogP contribution >= 0.6 is 0 Å². The van der Waals surface area contributed by atoms with Crippen molar-refractivity contribution >= 4 is 22.7 Å². The Labute approximate surface area is 121 Å². The summed E-state index contributed by atoms with van der Waals surface area (Å²) in [5.74, 6) is -0.632. The van der Waals surface area contributed by atoms with E-state index in [1.807, 2.05) is 36.4 Å². The minimum absolute atomic E-state index is 0.164. The van der Waals surface area contributed by atoms with Gasteiger partial charge in [-0.15, -0.1) is 0 Å². The van der Waals surface area contributed by atoms with E-state index in [9.17, 15) is 9.90 Å². The van der Waals surface area contributed by atoms with Crippen LogP contribution < -0.4 is 5.32 Å². The quantitative estimate of drug-likeness (QED) is 0.768. The Balaban J connectivity index is 1.96. The number of pyridine rings is 2. The second-order valence-electron chi connectivity index (χ2n) is 4.60. The monoisotopic (exact) mass is 279 g/mol. The second kappa shape index (κ2) is 5.58. The van der Waals surface area contributed by atoms with Gasteiger partial charge in [-0.25, -0.2) is 9.78 Å². The molecule has 5 nitrogen and oxygen atoms in total. The molecule has 3 aromatic rings. The summed E-state index contributed by atoms with van der Waals surface area (Å²) in [6.45, 7) is 0.472. The van der Waals surface area contributed by atoms with Crippen LogP contribution in [0.15, 0.2) is 54.9 Å². The Kier molecular flexibility index (Phi) is 3.47. The van der Waals surface area contributed by atoms with E-state index < -0.39 is 5.97 Å². The normalized spacial score (nSPS) is 10.5. The molecule has 0 aliphatic heterocycles. The molecule has 0 unspecified atom stereocenters. The average Bonchev–Trinajstić information content (AvgIpc) is 2.53. The van der Waals surface area contributed by atoms with Gasteiger partial charge in [0, 0.05) is 24.3 Å². The Morgan fingerprint density at radius 2 is 2.05 bits per heavy atom. The molecule has 0 amide bonds. The molecule has 5 heteroatoms. The number of nitrogens with one attached hydrogen (secondary N) is 1. The van der Waals surface area contributed by atoms with E-state index in [2.05, 4.69) is 15.3 Å². The van der Waals surface area contributed by atoms with Crippen LogP contribution in [0.4, 0.5) is 5.82 Å². The Morgan fingerprint density at radius 3 is 2.81 bits per heavy atom. The third-order valence-corrected chi connectivity index (χ3v) is 3.14. The van der Waals surface area contributed by atoms with Gasteiger partial charge in [0.2, 0.25) is 0 Å². The molecule has 0 saturated heterocycles. The van der Waals surface area contributed by atoms with Crippen molar-refractivity contribution in [1.29, 1.82) is 0 Å². The summed E-state index contributed by atoms with van der Waals surface area (Å²) in [5, 5.41) is 13.2. The number of benzene rings is 1. The van der Waals surface area contributed by atoms with Crippen molar-refractivity contribution < 1.29 is 9.90 Å². The zero-order valence-electron chi connectivity index (χ0n) is 11.2. The zero-order chi connectivity index (χ0) is 14.7. The highest BCUT2D eigenvalue weighted by Gasteiger charge is 2.13. The minimum Gasteiger partial charge on any atom is -0.478 e. The van der Waals surface area contributed by atoms with Crippen LogP contribution in [-0.2, 0) is 6.54 Å². The number of hydrogen-bond acceptors (Lipinski definition) is 4. The Bertz CT molecular complexity index is 788.